The molecule has 1 aliphatic carbocycles. The van der Waals surface area contributed by atoms with Gasteiger partial charge in [-0.2, -0.15) is 0 Å². The number of para-hydroxylation sites is 1. The molecule has 2 aromatic carbocycles. The topological polar surface area (TPSA) is 273 Å². The summed E-state index contributed by atoms with van der Waals surface area (Å²) in [5.74, 6) is -5.83. The average molecular weight is 954 g/mol. The van der Waals surface area contributed by atoms with E-state index in [2.05, 4.69) is 47.2 Å². The maximum Gasteiger partial charge on any atom is 0.321 e. The number of carbonyl (C=O) groups excluding carboxylic acids is 8. The van der Waals surface area contributed by atoms with E-state index in [4.69, 9.17) is 0 Å². The van der Waals surface area contributed by atoms with E-state index < -0.39 is 102 Å². The SMILES string of the molecule is CCC[C@H](NC(=O)[C@@H]1CN(C(=O)Nc2ccccc2)C[C@@H]1NC(=O)C(NC(=O)C(NC(=O)c1cnccn1)C1CCCCC1)C(C)(C)C)C(O)C(=O)NCC(=O)N[C@H](C(=O)N(C)C)c1ccccc1. The van der Waals surface area contributed by atoms with E-state index >= 15 is 0 Å². The predicted octanol–water partition coefficient (Wildman–Crippen LogP) is 2.04. The Morgan fingerprint density at radius 1 is 0.812 bits per heavy atom. The van der Waals surface area contributed by atoms with Crippen LogP contribution in [0.5, 0.6) is 0 Å². The summed E-state index contributed by atoms with van der Waals surface area (Å²) >= 11 is 0. The fraction of sp³-hybridized carbons (Fsp3) is 0.510. The van der Waals surface area contributed by atoms with Crippen LogP contribution in [0, 0.1) is 17.3 Å². The van der Waals surface area contributed by atoms with Crippen molar-refractivity contribution in [3.8, 4) is 0 Å². The number of aliphatic hydroxyl groups excluding tert-OH is 1. The summed E-state index contributed by atoms with van der Waals surface area (Å²) in [6.07, 6.45) is 6.94. The lowest BCUT2D eigenvalue weighted by molar-refractivity contribution is -0.136. The molecule has 372 valence electrons. The summed E-state index contributed by atoms with van der Waals surface area (Å²) in [6.45, 7) is 6.20. The molecular weight excluding hydrogens is 887 g/mol. The first kappa shape index (κ1) is 53.0. The molecule has 5 rings (SSSR count). The lowest BCUT2D eigenvalue weighted by Gasteiger charge is -2.35. The Labute approximate surface area is 402 Å². The van der Waals surface area contributed by atoms with Crippen molar-refractivity contribution in [1.29, 1.82) is 0 Å². The molecule has 20 heteroatoms. The first-order valence-electron chi connectivity index (χ1n) is 23.5. The van der Waals surface area contributed by atoms with Crippen molar-refractivity contribution < 1.29 is 43.5 Å². The Morgan fingerprint density at radius 3 is 2.09 bits per heavy atom. The molecule has 1 saturated carbocycles. The van der Waals surface area contributed by atoms with E-state index in [0.717, 1.165) is 19.3 Å². The Hall–Kier alpha value is -6.96. The van der Waals surface area contributed by atoms with E-state index in [1.165, 1.54) is 28.4 Å². The lowest BCUT2D eigenvalue weighted by Crippen LogP contribution is -2.61. The molecule has 2 heterocycles. The quantitative estimate of drug-likeness (QED) is 0.0862. The summed E-state index contributed by atoms with van der Waals surface area (Å²) in [4.78, 5) is 120. The molecule has 1 aliphatic heterocycles. The second-order valence-electron chi connectivity index (χ2n) is 18.9. The van der Waals surface area contributed by atoms with Gasteiger partial charge in [0.1, 0.15) is 23.8 Å². The van der Waals surface area contributed by atoms with Gasteiger partial charge in [0.05, 0.1) is 30.7 Å². The molecule has 8 N–H and O–H groups in total. The number of anilines is 1. The summed E-state index contributed by atoms with van der Waals surface area (Å²) in [6, 6.07) is 11.3. The number of nitrogens with zero attached hydrogens (tertiary/aromatic N) is 4. The number of carbonyl (C=O) groups is 8. The van der Waals surface area contributed by atoms with E-state index in [0.29, 0.717) is 30.5 Å². The Morgan fingerprint density at radius 2 is 1.48 bits per heavy atom. The summed E-state index contributed by atoms with van der Waals surface area (Å²) in [7, 11) is 3.10. The van der Waals surface area contributed by atoms with E-state index in [9.17, 15) is 43.5 Å². The second-order valence-corrected chi connectivity index (χ2v) is 18.9. The molecule has 3 aromatic rings. The second kappa shape index (κ2) is 24.9. The van der Waals surface area contributed by atoms with Gasteiger partial charge in [-0.25, -0.2) is 9.78 Å². The third kappa shape index (κ3) is 15.0. The van der Waals surface area contributed by atoms with Gasteiger partial charge in [0.2, 0.25) is 29.5 Å². The monoisotopic (exact) mass is 954 g/mol. The van der Waals surface area contributed by atoms with Crippen molar-refractivity contribution in [1.82, 2.24) is 51.7 Å². The highest BCUT2D eigenvalue weighted by Gasteiger charge is 2.45. The number of likely N-dealkylation sites (N-methyl/N-ethyl adjacent to an activating group) is 1. The maximum atomic E-state index is 14.5. The van der Waals surface area contributed by atoms with Gasteiger partial charge >= 0.3 is 6.03 Å². The molecule has 1 saturated heterocycles. The summed E-state index contributed by atoms with van der Waals surface area (Å²) < 4.78 is 0. The number of hydrogen-bond donors (Lipinski definition) is 8. The van der Waals surface area contributed by atoms with Crippen LogP contribution in [-0.4, -0.2) is 136 Å². The van der Waals surface area contributed by atoms with Gasteiger partial charge in [0.15, 0.2) is 6.10 Å². The van der Waals surface area contributed by atoms with Crippen molar-refractivity contribution in [3.05, 3.63) is 90.5 Å². The van der Waals surface area contributed by atoms with Crippen LogP contribution in [0.3, 0.4) is 0 Å². The first-order chi connectivity index (χ1) is 32.9. The van der Waals surface area contributed by atoms with Gasteiger partial charge in [-0.3, -0.25) is 38.5 Å². The van der Waals surface area contributed by atoms with Crippen LogP contribution >= 0.6 is 0 Å². The lowest BCUT2D eigenvalue weighted by atomic mass is 9.82. The molecule has 0 bridgehead atoms. The molecule has 0 radical (unpaired) electrons. The van der Waals surface area contributed by atoms with Crippen LogP contribution in [0.4, 0.5) is 10.5 Å². The fourth-order valence-corrected chi connectivity index (χ4v) is 8.54. The Kier molecular flexibility index (Phi) is 19.1. The first-order valence-corrected chi connectivity index (χ1v) is 23.5. The number of likely N-dealkylation sites (tertiary alicyclic amines) is 1. The Bertz CT molecular complexity index is 2240. The largest absolute Gasteiger partial charge is 0.381 e. The highest BCUT2D eigenvalue weighted by Crippen LogP contribution is 2.29. The van der Waals surface area contributed by atoms with E-state index in [1.54, 1.807) is 102 Å². The van der Waals surface area contributed by atoms with Crippen molar-refractivity contribution in [2.75, 3.05) is 39.0 Å². The number of urea groups is 1. The maximum absolute atomic E-state index is 14.5. The summed E-state index contributed by atoms with van der Waals surface area (Å²) in [5.41, 5.74) is 0.168. The molecule has 2 fully saturated rings. The van der Waals surface area contributed by atoms with Gasteiger partial charge in [-0.1, -0.05) is 102 Å². The smallest absolute Gasteiger partial charge is 0.321 e. The van der Waals surface area contributed by atoms with Crippen LogP contribution in [0.1, 0.15) is 94.7 Å². The highest BCUT2D eigenvalue weighted by molar-refractivity contribution is 5.98. The van der Waals surface area contributed by atoms with Crippen LogP contribution in [0.15, 0.2) is 79.3 Å². The molecule has 20 nitrogen and oxygen atoms in total. The molecule has 2 aliphatic rings. The molecule has 7 atom stereocenters. The predicted molar refractivity (Wildman–Crippen MR) is 256 cm³/mol. The van der Waals surface area contributed by atoms with Gasteiger partial charge in [-0.05, 0) is 48.3 Å². The van der Waals surface area contributed by atoms with Crippen molar-refractivity contribution in [3.63, 3.8) is 0 Å². The molecular formula is C49H67N11O9. The molecule has 3 unspecified atom stereocenters. The average Bonchev–Trinajstić information content (AvgIpc) is 3.77. The minimum Gasteiger partial charge on any atom is -0.381 e. The van der Waals surface area contributed by atoms with Crippen LogP contribution in [0.2, 0.25) is 0 Å². The minimum absolute atomic E-state index is 0.0338. The normalized spacial score (nSPS) is 18.2. The number of aromatic nitrogens is 2. The summed E-state index contributed by atoms with van der Waals surface area (Å²) in [5, 5.41) is 30.6. The molecule has 69 heavy (non-hydrogen) atoms. The number of aliphatic hydroxyl groups is 1. The van der Waals surface area contributed by atoms with Gasteiger partial charge in [0, 0.05) is 45.3 Å². The number of benzene rings is 2. The molecule has 1 aromatic heterocycles. The van der Waals surface area contributed by atoms with Crippen LogP contribution in [-0.2, 0) is 28.8 Å². The van der Waals surface area contributed by atoms with Crippen molar-refractivity contribution in [2.45, 2.75) is 109 Å². The third-order valence-electron chi connectivity index (χ3n) is 12.3. The number of rotatable bonds is 19. The van der Waals surface area contributed by atoms with Crippen LogP contribution < -0.4 is 37.2 Å². The van der Waals surface area contributed by atoms with Gasteiger partial charge < -0.3 is 52.1 Å². The number of amides is 9. The van der Waals surface area contributed by atoms with E-state index in [-0.39, 0.29) is 31.1 Å². The van der Waals surface area contributed by atoms with Gasteiger partial charge in [0.25, 0.3) is 11.8 Å². The Balaban J connectivity index is 1.32. The standard InChI is InChI=1S/C49H67N11O9/c1-7-17-34(40(62)45(66)52-27-37(61)56-39(47(68)59(5)6)31-20-13-9-14-21-31)54-42(63)33-28-60(48(69)53-32-22-15-10-16-23-32)29-36(33)55-46(67)41(49(2,3)4)58-44(65)38(30-18-11-8-12-19-30)57-43(64)35-26-50-24-25-51-35/h9-10,13-16,20-26,30,33-34,36,38-41,62H,7-8,11-12,17-19,27-29H2,1-6H3,(H,52,66)(H,53,69)(H,54,63)(H,55,67)(H,56,61)(H,57,64)(H,58,65)/t33-,34+,36+,38?,39+,40?,41?/m1/s1. The molecule has 0 spiro atoms. The zero-order chi connectivity index (χ0) is 50.3. The zero-order valence-electron chi connectivity index (χ0n) is 40.2. The van der Waals surface area contributed by atoms with Crippen molar-refractivity contribution >= 4 is 53.1 Å². The number of nitrogens with one attached hydrogen (secondary N) is 7. The van der Waals surface area contributed by atoms with Crippen molar-refractivity contribution in [2.24, 2.45) is 17.3 Å². The van der Waals surface area contributed by atoms with E-state index in [1.807, 2.05) is 0 Å². The highest BCUT2D eigenvalue weighted by atomic mass is 16.3. The number of hydrogen-bond acceptors (Lipinski definition) is 11. The third-order valence-corrected chi connectivity index (χ3v) is 12.3. The molecule has 9 amide bonds. The van der Waals surface area contributed by atoms with Crippen LogP contribution in [0.25, 0.3) is 0 Å². The fourth-order valence-electron chi connectivity index (χ4n) is 8.54. The minimum atomic E-state index is -1.83. The van der Waals surface area contributed by atoms with Gasteiger partial charge in [-0.15, -0.1) is 0 Å². The zero-order valence-corrected chi connectivity index (χ0v) is 40.2.